The topological polar surface area (TPSA) is 95.5 Å². The van der Waals surface area contributed by atoms with Gasteiger partial charge in [0.25, 0.3) is 10.1 Å². The zero-order valence-corrected chi connectivity index (χ0v) is 16.2. The molecule has 0 saturated heterocycles. The van der Waals surface area contributed by atoms with Crippen LogP contribution in [0.3, 0.4) is 0 Å². The van der Waals surface area contributed by atoms with Gasteiger partial charge in [-0.15, -0.1) is 0 Å². The zero-order valence-electron chi connectivity index (χ0n) is 15.4. The fraction of sp³-hybridized carbons (Fsp3) is 0.0952. The van der Waals surface area contributed by atoms with Crippen LogP contribution in [-0.2, 0) is 10.1 Å². The van der Waals surface area contributed by atoms with E-state index in [1.807, 2.05) is 26.0 Å². The van der Waals surface area contributed by atoms with Crippen LogP contribution < -0.4 is 10.6 Å². The number of nitrogens with one attached hydrogen (secondary N) is 2. The lowest BCUT2D eigenvalue weighted by Gasteiger charge is -2.15. The van der Waals surface area contributed by atoms with Crippen molar-refractivity contribution in [3.05, 3.63) is 77.9 Å². The monoisotopic (exact) mass is 396 g/mol. The summed E-state index contributed by atoms with van der Waals surface area (Å²) in [4.78, 5) is 12.2. The molecule has 3 N–H and O–H groups in total. The van der Waals surface area contributed by atoms with Crippen LogP contribution >= 0.6 is 0 Å². The summed E-state index contributed by atoms with van der Waals surface area (Å²) in [5.74, 6) is 0. The lowest BCUT2D eigenvalue weighted by Crippen LogP contribution is -2.20. The standard InChI is InChI=1S/C21H20N2O4S/c1-14-7-10-16(11-8-14)22-21(24)23-19-6-4-3-5-17(19)18-13-15(2)9-12-20(18)28(25,26)27/h3-13H,1-2H3,(H2,22,23,24)(H,25,26,27). The highest BCUT2D eigenvalue weighted by atomic mass is 32.2. The van der Waals surface area contributed by atoms with E-state index in [1.54, 1.807) is 48.5 Å². The molecule has 0 fully saturated rings. The lowest BCUT2D eigenvalue weighted by molar-refractivity contribution is 0.262. The first kappa shape index (κ1) is 19.6. The fourth-order valence-electron chi connectivity index (χ4n) is 2.83. The molecule has 0 spiro atoms. The van der Waals surface area contributed by atoms with Gasteiger partial charge in [0, 0.05) is 16.8 Å². The quantitative estimate of drug-likeness (QED) is 0.549. The molecule has 6 nitrogen and oxygen atoms in total. The smallest absolute Gasteiger partial charge is 0.308 e. The molecule has 144 valence electrons. The number of carbonyl (C=O) groups excluding carboxylic acids is 1. The van der Waals surface area contributed by atoms with Crippen molar-refractivity contribution in [1.82, 2.24) is 0 Å². The van der Waals surface area contributed by atoms with Gasteiger partial charge in [-0.3, -0.25) is 4.55 Å². The first-order chi connectivity index (χ1) is 13.2. The van der Waals surface area contributed by atoms with Gasteiger partial charge in [0.2, 0.25) is 0 Å². The van der Waals surface area contributed by atoms with Crippen LogP contribution in [0, 0.1) is 13.8 Å². The van der Waals surface area contributed by atoms with E-state index < -0.39 is 16.1 Å². The van der Waals surface area contributed by atoms with Gasteiger partial charge in [-0.1, -0.05) is 47.5 Å². The zero-order chi connectivity index (χ0) is 20.3. The second-order valence-corrected chi connectivity index (χ2v) is 7.86. The molecule has 2 amide bonds. The van der Waals surface area contributed by atoms with Crippen LogP contribution in [0.2, 0.25) is 0 Å². The number of rotatable bonds is 4. The van der Waals surface area contributed by atoms with Crippen LogP contribution in [0.4, 0.5) is 16.2 Å². The van der Waals surface area contributed by atoms with Gasteiger partial charge in [0.15, 0.2) is 0 Å². The number of amides is 2. The fourth-order valence-corrected chi connectivity index (χ4v) is 3.51. The van der Waals surface area contributed by atoms with E-state index in [0.717, 1.165) is 11.1 Å². The maximum atomic E-state index is 12.4. The van der Waals surface area contributed by atoms with Crippen molar-refractivity contribution in [2.24, 2.45) is 0 Å². The summed E-state index contributed by atoms with van der Waals surface area (Å²) >= 11 is 0. The maximum Gasteiger partial charge on any atom is 0.323 e. The van der Waals surface area contributed by atoms with E-state index in [1.165, 1.54) is 6.07 Å². The Morgan fingerprint density at radius 1 is 0.821 bits per heavy atom. The molecule has 0 atom stereocenters. The molecule has 0 aliphatic carbocycles. The van der Waals surface area contributed by atoms with Gasteiger partial charge < -0.3 is 10.6 Å². The van der Waals surface area contributed by atoms with Crippen molar-refractivity contribution in [3.8, 4) is 11.1 Å². The van der Waals surface area contributed by atoms with E-state index in [0.29, 0.717) is 22.5 Å². The Bertz CT molecular complexity index is 1120. The summed E-state index contributed by atoms with van der Waals surface area (Å²) in [7, 11) is -4.42. The minimum atomic E-state index is -4.42. The minimum absolute atomic E-state index is 0.216. The molecule has 28 heavy (non-hydrogen) atoms. The summed E-state index contributed by atoms with van der Waals surface area (Å²) in [6.07, 6.45) is 0. The third-order valence-electron chi connectivity index (χ3n) is 4.19. The molecular formula is C21H20N2O4S. The Balaban J connectivity index is 1.95. The van der Waals surface area contributed by atoms with Crippen molar-refractivity contribution in [3.63, 3.8) is 0 Å². The molecule has 7 heteroatoms. The molecule has 0 heterocycles. The number of aryl methyl sites for hydroxylation is 2. The molecule has 0 aliphatic heterocycles. The predicted octanol–water partition coefficient (Wildman–Crippen LogP) is 4.86. The maximum absolute atomic E-state index is 12.4. The summed E-state index contributed by atoms with van der Waals surface area (Å²) in [6.45, 7) is 3.77. The largest absolute Gasteiger partial charge is 0.323 e. The average molecular weight is 396 g/mol. The molecule has 3 aromatic rings. The predicted molar refractivity (Wildman–Crippen MR) is 110 cm³/mol. The molecule has 0 radical (unpaired) electrons. The Morgan fingerprint density at radius 2 is 1.46 bits per heavy atom. The van der Waals surface area contributed by atoms with Gasteiger partial charge in [-0.25, -0.2) is 4.79 Å². The van der Waals surface area contributed by atoms with Gasteiger partial charge in [0.05, 0.1) is 5.69 Å². The number of hydrogen-bond acceptors (Lipinski definition) is 3. The molecule has 0 aliphatic rings. The number of para-hydroxylation sites is 1. The van der Waals surface area contributed by atoms with Crippen LogP contribution in [0.1, 0.15) is 11.1 Å². The highest BCUT2D eigenvalue weighted by Crippen LogP contribution is 2.33. The summed E-state index contributed by atoms with van der Waals surface area (Å²) < 4.78 is 33.2. The number of benzene rings is 3. The van der Waals surface area contributed by atoms with Crippen molar-refractivity contribution < 1.29 is 17.8 Å². The Labute approximate surface area is 164 Å². The van der Waals surface area contributed by atoms with Crippen molar-refractivity contribution >= 4 is 27.5 Å². The van der Waals surface area contributed by atoms with Crippen molar-refractivity contribution in [2.45, 2.75) is 18.7 Å². The Kier molecular flexibility index (Phi) is 5.48. The lowest BCUT2D eigenvalue weighted by atomic mass is 10.0. The molecule has 3 rings (SSSR count). The third kappa shape index (κ3) is 4.57. The van der Waals surface area contributed by atoms with Gasteiger partial charge in [0.1, 0.15) is 4.90 Å². The molecule has 3 aromatic carbocycles. The van der Waals surface area contributed by atoms with Crippen LogP contribution in [0.15, 0.2) is 71.6 Å². The average Bonchev–Trinajstić information content (AvgIpc) is 2.63. The first-order valence-corrected chi connectivity index (χ1v) is 10.0. The number of carbonyl (C=O) groups is 1. The summed E-state index contributed by atoms with van der Waals surface area (Å²) in [6, 6.07) is 18.3. The summed E-state index contributed by atoms with van der Waals surface area (Å²) in [5, 5.41) is 5.48. The highest BCUT2D eigenvalue weighted by Gasteiger charge is 2.19. The molecule has 0 unspecified atom stereocenters. The minimum Gasteiger partial charge on any atom is -0.308 e. The molecular weight excluding hydrogens is 376 g/mol. The highest BCUT2D eigenvalue weighted by molar-refractivity contribution is 7.86. The molecule has 0 aromatic heterocycles. The Hall–Kier alpha value is -3.16. The normalized spacial score (nSPS) is 11.1. The van der Waals surface area contributed by atoms with E-state index in [4.69, 9.17) is 0 Å². The second-order valence-electron chi connectivity index (χ2n) is 6.47. The number of hydrogen-bond donors (Lipinski definition) is 3. The van der Waals surface area contributed by atoms with E-state index in [2.05, 4.69) is 10.6 Å². The SMILES string of the molecule is Cc1ccc(NC(=O)Nc2ccccc2-c2cc(C)ccc2S(=O)(=O)O)cc1. The Morgan fingerprint density at radius 3 is 2.14 bits per heavy atom. The van der Waals surface area contributed by atoms with Crippen LogP contribution in [-0.4, -0.2) is 19.0 Å². The van der Waals surface area contributed by atoms with Crippen molar-refractivity contribution in [2.75, 3.05) is 10.6 Å². The third-order valence-corrected chi connectivity index (χ3v) is 5.10. The summed E-state index contributed by atoms with van der Waals surface area (Å²) in [5.41, 5.74) is 3.75. The van der Waals surface area contributed by atoms with Gasteiger partial charge >= 0.3 is 6.03 Å². The second kappa shape index (κ2) is 7.84. The van der Waals surface area contributed by atoms with E-state index in [-0.39, 0.29) is 4.90 Å². The van der Waals surface area contributed by atoms with Gasteiger partial charge in [-0.05, 0) is 44.2 Å². The molecule has 0 saturated carbocycles. The van der Waals surface area contributed by atoms with Crippen LogP contribution in [0.5, 0.6) is 0 Å². The van der Waals surface area contributed by atoms with Gasteiger partial charge in [-0.2, -0.15) is 8.42 Å². The molecule has 0 bridgehead atoms. The first-order valence-electron chi connectivity index (χ1n) is 8.56. The number of urea groups is 1. The number of anilines is 2. The van der Waals surface area contributed by atoms with E-state index in [9.17, 15) is 17.8 Å². The van der Waals surface area contributed by atoms with E-state index >= 15 is 0 Å². The van der Waals surface area contributed by atoms with Crippen LogP contribution in [0.25, 0.3) is 11.1 Å². The van der Waals surface area contributed by atoms with Crippen molar-refractivity contribution in [1.29, 1.82) is 0 Å².